The van der Waals surface area contributed by atoms with Crippen LogP contribution in [0.25, 0.3) is 0 Å². The topological polar surface area (TPSA) is 55.1 Å². The van der Waals surface area contributed by atoms with Gasteiger partial charge in [-0.1, -0.05) is 0 Å². The Kier molecular flexibility index (Phi) is 2.46. The van der Waals surface area contributed by atoms with E-state index in [1.165, 1.54) is 0 Å². The van der Waals surface area contributed by atoms with E-state index in [0.29, 0.717) is 5.28 Å². The van der Waals surface area contributed by atoms with Crippen molar-refractivity contribution in [3.8, 4) is 0 Å². The molecule has 1 aliphatic rings. The van der Waals surface area contributed by atoms with Gasteiger partial charge in [0.25, 0.3) is 0 Å². The first kappa shape index (κ1) is 9.52. The number of halogens is 1. The van der Waals surface area contributed by atoms with Crippen molar-refractivity contribution in [3.05, 3.63) is 17.2 Å². The fourth-order valence-electron chi connectivity index (χ4n) is 1.92. The molecule has 76 valence electrons. The highest BCUT2D eigenvalue weighted by molar-refractivity contribution is 6.28. The Morgan fingerprint density at radius 1 is 1.79 bits per heavy atom. The van der Waals surface area contributed by atoms with Gasteiger partial charge in [0.15, 0.2) is 0 Å². The first-order valence-electron chi connectivity index (χ1n) is 4.58. The minimum absolute atomic E-state index is 0.229. The maximum absolute atomic E-state index is 10.5. The molecule has 1 aliphatic heterocycles. The van der Waals surface area contributed by atoms with E-state index in [9.17, 15) is 4.79 Å². The van der Waals surface area contributed by atoms with Gasteiger partial charge >= 0.3 is 5.97 Å². The Labute approximate surface area is 86.5 Å². The Balaban J connectivity index is 2.10. The van der Waals surface area contributed by atoms with Crippen LogP contribution in [-0.2, 0) is 17.8 Å². The zero-order valence-electron chi connectivity index (χ0n) is 7.61. The van der Waals surface area contributed by atoms with Crippen LogP contribution in [0.2, 0.25) is 5.28 Å². The van der Waals surface area contributed by atoms with Gasteiger partial charge in [-0.3, -0.25) is 4.79 Å². The fraction of sp³-hybridized carbons (Fsp3) is 0.556. The maximum Gasteiger partial charge on any atom is 0.303 e. The second-order valence-electron chi connectivity index (χ2n) is 3.63. The lowest BCUT2D eigenvalue weighted by Crippen LogP contribution is -2.21. The Morgan fingerprint density at radius 3 is 3.29 bits per heavy atom. The molecule has 0 saturated heterocycles. The maximum atomic E-state index is 10.5. The third kappa shape index (κ3) is 1.75. The van der Waals surface area contributed by atoms with Crippen LogP contribution in [0.4, 0.5) is 0 Å². The molecule has 1 aromatic heterocycles. The highest BCUT2D eigenvalue weighted by Gasteiger charge is 2.22. The van der Waals surface area contributed by atoms with E-state index in [1.54, 1.807) is 6.20 Å². The van der Waals surface area contributed by atoms with Crippen molar-refractivity contribution in [2.45, 2.75) is 25.8 Å². The van der Waals surface area contributed by atoms with Gasteiger partial charge in [-0.15, -0.1) is 0 Å². The lowest BCUT2D eigenvalue weighted by molar-refractivity contribution is -0.138. The van der Waals surface area contributed by atoms with Gasteiger partial charge in [0, 0.05) is 24.9 Å². The van der Waals surface area contributed by atoms with Crippen molar-refractivity contribution in [1.82, 2.24) is 9.55 Å². The summed E-state index contributed by atoms with van der Waals surface area (Å²) in [5.41, 5.74) is 1.05. The number of aliphatic carboxylic acids is 1. The lowest BCUT2D eigenvalue weighted by atomic mass is 9.93. The smallest absolute Gasteiger partial charge is 0.303 e. The third-order valence-electron chi connectivity index (χ3n) is 2.61. The molecule has 0 aliphatic carbocycles. The van der Waals surface area contributed by atoms with Crippen molar-refractivity contribution in [1.29, 1.82) is 0 Å². The largest absolute Gasteiger partial charge is 0.481 e. The summed E-state index contributed by atoms with van der Waals surface area (Å²) in [6.45, 7) is 0.784. The van der Waals surface area contributed by atoms with E-state index in [2.05, 4.69) is 4.98 Å². The molecule has 2 rings (SSSR count). The molecule has 0 spiro atoms. The minimum Gasteiger partial charge on any atom is -0.481 e. The van der Waals surface area contributed by atoms with E-state index in [-0.39, 0.29) is 12.3 Å². The highest BCUT2D eigenvalue weighted by atomic mass is 35.5. The number of nitrogens with zero attached hydrogens (tertiary/aromatic N) is 2. The molecule has 0 fully saturated rings. The van der Waals surface area contributed by atoms with Crippen LogP contribution in [0.5, 0.6) is 0 Å². The molecule has 14 heavy (non-hydrogen) atoms. The van der Waals surface area contributed by atoms with Gasteiger partial charge in [0.05, 0.1) is 0 Å². The van der Waals surface area contributed by atoms with Gasteiger partial charge in [-0.25, -0.2) is 4.98 Å². The molecule has 0 radical (unpaired) electrons. The van der Waals surface area contributed by atoms with Crippen molar-refractivity contribution < 1.29 is 9.90 Å². The summed E-state index contributed by atoms with van der Waals surface area (Å²) in [6, 6.07) is 0. The average molecular weight is 215 g/mol. The van der Waals surface area contributed by atoms with Gasteiger partial charge in [-0.2, -0.15) is 0 Å². The van der Waals surface area contributed by atoms with Gasteiger partial charge in [0.2, 0.25) is 5.28 Å². The molecule has 1 aromatic rings. The van der Waals surface area contributed by atoms with Crippen molar-refractivity contribution in [2.75, 3.05) is 0 Å². The molecule has 5 heteroatoms. The Bertz CT molecular complexity index is 362. The van der Waals surface area contributed by atoms with Gasteiger partial charge < -0.3 is 9.67 Å². The van der Waals surface area contributed by atoms with Crippen LogP contribution in [0.3, 0.4) is 0 Å². The highest BCUT2D eigenvalue weighted by Crippen LogP contribution is 2.25. The molecule has 0 amide bonds. The van der Waals surface area contributed by atoms with E-state index >= 15 is 0 Å². The summed E-state index contributed by atoms with van der Waals surface area (Å²) in [5, 5.41) is 9.18. The van der Waals surface area contributed by atoms with Crippen LogP contribution < -0.4 is 0 Å². The lowest BCUT2D eigenvalue weighted by Gasteiger charge is -2.22. The van der Waals surface area contributed by atoms with E-state index in [4.69, 9.17) is 16.7 Å². The number of aromatic nitrogens is 2. The van der Waals surface area contributed by atoms with E-state index in [1.807, 2.05) is 4.57 Å². The average Bonchev–Trinajstić information content (AvgIpc) is 2.46. The zero-order valence-corrected chi connectivity index (χ0v) is 8.37. The Morgan fingerprint density at radius 2 is 2.57 bits per heavy atom. The standard InChI is InChI=1S/C9H11ClN2O2/c10-9-11-5-7-3-6(4-8(13)14)1-2-12(7)9/h5-6H,1-4H2,(H,13,14). The van der Waals surface area contributed by atoms with Crippen LogP contribution >= 0.6 is 11.6 Å². The number of hydrogen-bond acceptors (Lipinski definition) is 2. The fourth-order valence-corrected chi connectivity index (χ4v) is 2.16. The molecular formula is C9H11ClN2O2. The SMILES string of the molecule is O=C(O)CC1CCn2c(cnc2Cl)C1. The molecular weight excluding hydrogens is 204 g/mol. The molecule has 2 heterocycles. The summed E-state index contributed by atoms with van der Waals surface area (Å²) in [5.74, 6) is -0.498. The molecule has 1 N–H and O–H groups in total. The number of carboxylic acid groups (broad SMARTS) is 1. The summed E-state index contributed by atoms with van der Waals surface area (Å²) >= 11 is 5.85. The van der Waals surface area contributed by atoms with E-state index in [0.717, 1.165) is 25.1 Å². The third-order valence-corrected chi connectivity index (χ3v) is 2.91. The van der Waals surface area contributed by atoms with Crippen molar-refractivity contribution in [3.63, 3.8) is 0 Å². The first-order valence-corrected chi connectivity index (χ1v) is 4.96. The quantitative estimate of drug-likeness (QED) is 0.813. The molecule has 1 atom stereocenters. The summed E-state index contributed by atoms with van der Waals surface area (Å²) in [7, 11) is 0. The number of rotatable bonds is 2. The predicted octanol–water partition coefficient (Wildman–Crippen LogP) is 1.57. The minimum atomic E-state index is -0.728. The number of fused-ring (bicyclic) bond motifs is 1. The van der Waals surface area contributed by atoms with Crippen molar-refractivity contribution in [2.24, 2.45) is 5.92 Å². The first-order chi connectivity index (χ1) is 6.66. The molecule has 1 unspecified atom stereocenters. The normalized spacial score (nSPS) is 20.5. The van der Waals surface area contributed by atoms with Crippen molar-refractivity contribution >= 4 is 17.6 Å². The number of carboxylic acids is 1. The predicted molar refractivity (Wildman–Crippen MR) is 51.3 cm³/mol. The summed E-state index contributed by atoms with van der Waals surface area (Å²) < 4.78 is 1.94. The summed E-state index contributed by atoms with van der Waals surface area (Å²) in [4.78, 5) is 14.5. The van der Waals surface area contributed by atoms with Crippen LogP contribution in [0.15, 0.2) is 6.20 Å². The van der Waals surface area contributed by atoms with Crippen LogP contribution in [0.1, 0.15) is 18.5 Å². The van der Waals surface area contributed by atoms with Gasteiger partial charge in [0.1, 0.15) is 0 Å². The van der Waals surface area contributed by atoms with E-state index < -0.39 is 5.97 Å². The number of carbonyl (C=O) groups is 1. The van der Waals surface area contributed by atoms with Crippen LogP contribution in [-0.4, -0.2) is 20.6 Å². The molecule has 0 saturated carbocycles. The van der Waals surface area contributed by atoms with Crippen LogP contribution in [0, 0.1) is 5.92 Å². The second kappa shape index (κ2) is 3.61. The number of hydrogen-bond donors (Lipinski definition) is 1. The van der Waals surface area contributed by atoms with Gasteiger partial charge in [-0.05, 0) is 30.4 Å². The molecule has 0 bridgehead atoms. The zero-order chi connectivity index (χ0) is 10.1. The monoisotopic (exact) mass is 214 g/mol. The molecule has 4 nitrogen and oxygen atoms in total. The number of imidazole rings is 1. The second-order valence-corrected chi connectivity index (χ2v) is 3.96. The molecule has 0 aromatic carbocycles. The summed E-state index contributed by atoms with van der Waals surface area (Å²) in [6.07, 6.45) is 3.61. The Hall–Kier alpha value is -1.03.